The lowest BCUT2D eigenvalue weighted by Gasteiger charge is -2.21. The highest BCUT2D eigenvalue weighted by atomic mass is 32.1. The summed E-state index contributed by atoms with van der Waals surface area (Å²) < 4.78 is 5.63. The van der Waals surface area contributed by atoms with Crippen molar-refractivity contribution in [1.82, 2.24) is 10.2 Å². The number of benzene rings is 1. The second kappa shape index (κ2) is 8.62. The van der Waals surface area contributed by atoms with E-state index in [0.29, 0.717) is 29.0 Å². The summed E-state index contributed by atoms with van der Waals surface area (Å²) in [6.45, 7) is 10.3. The first-order chi connectivity index (χ1) is 9.97. The fourth-order valence-corrected chi connectivity index (χ4v) is 2.10. The van der Waals surface area contributed by atoms with Gasteiger partial charge < -0.3 is 9.64 Å². The second-order valence-electron chi connectivity index (χ2n) is 5.16. The van der Waals surface area contributed by atoms with Crippen molar-refractivity contribution in [3.05, 3.63) is 29.8 Å². The Morgan fingerprint density at radius 2 is 2.00 bits per heavy atom. The van der Waals surface area contributed by atoms with Crippen molar-refractivity contribution in [3.63, 3.8) is 0 Å². The fraction of sp³-hybridized carbons (Fsp3) is 0.500. The molecule has 0 saturated carbocycles. The Bertz CT molecular complexity index is 485. The Labute approximate surface area is 132 Å². The van der Waals surface area contributed by atoms with Crippen LogP contribution in [0.4, 0.5) is 0 Å². The molecule has 0 fully saturated rings. The normalized spacial score (nSPS) is 10.3. The summed E-state index contributed by atoms with van der Waals surface area (Å²) in [6.07, 6.45) is 0. The summed E-state index contributed by atoms with van der Waals surface area (Å²) in [5.74, 6) is 0.935. The molecule has 1 aromatic carbocycles. The molecule has 0 aromatic heterocycles. The number of rotatable bonds is 6. The van der Waals surface area contributed by atoms with Crippen LogP contribution in [0.3, 0.4) is 0 Å². The summed E-state index contributed by atoms with van der Waals surface area (Å²) in [5.41, 5.74) is 0.547. The quantitative estimate of drug-likeness (QED) is 0.820. The van der Waals surface area contributed by atoms with Crippen molar-refractivity contribution >= 4 is 23.2 Å². The van der Waals surface area contributed by atoms with Gasteiger partial charge in [0.05, 0.1) is 6.61 Å². The van der Waals surface area contributed by atoms with Crippen molar-refractivity contribution in [2.75, 3.05) is 19.7 Å². The van der Waals surface area contributed by atoms with Crippen LogP contribution in [0.5, 0.6) is 5.75 Å². The van der Waals surface area contributed by atoms with Gasteiger partial charge in [-0.3, -0.25) is 10.1 Å². The van der Waals surface area contributed by atoms with Gasteiger partial charge in [-0.05, 0) is 50.2 Å². The summed E-state index contributed by atoms with van der Waals surface area (Å²) >= 11 is 5.23. The first-order valence-corrected chi connectivity index (χ1v) is 7.71. The average molecular weight is 308 g/mol. The van der Waals surface area contributed by atoms with Crippen LogP contribution in [-0.2, 0) is 0 Å². The number of carbonyl (C=O) groups is 1. The van der Waals surface area contributed by atoms with E-state index in [1.165, 1.54) is 0 Å². The van der Waals surface area contributed by atoms with E-state index >= 15 is 0 Å². The summed E-state index contributed by atoms with van der Waals surface area (Å²) in [5, 5.41) is 3.21. The molecule has 1 aromatic rings. The number of hydrogen-bond acceptors (Lipinski definition) is 3. The highest BCUT2D eigenvalue weighted by molar-refractivity contribution is 7.80. The molecule has 1 N–H and O–H groups in total. The number of carbonyl (C=O) groups excluding carboxylic acids is 1. The van der Waals surface area contributed by atoms with Gasteiger partial charge in [0.25, 0.3) is 5.91 Å². The lowest BCUT2D eigenvalue weighted by Crippen LogP contribution is -2.42. The van der Waals surface area contributed by atoms with Gasteiger partial charge in [-0.1, -0.05) is 19.9 Å². The third-order valence-corrected chi connectivity index (χ3v) is 3.31. The molecule has 4 nitrogen and oxygen atoms in total. The predicted octanol–water partition coefficient (Wildman–Crippen LogP) is 3.08. The molecule has 0 heterocycles. The monoisotopic (exact) mass is 308 g/mol. The van der Waals surface area contributed by atoms with Crippen LogP contribution < -0.4 is 10.1 Å². The highest BCUT2D eigenvalue weighted by Crippen LogP contribution is 2.14. The molecule has 21 heavy (non-hydrogen) atoms. The van der Waals surface area contributed by atoms with E-state index < -0.39 is 0 Å². The number of thiocarbonyl (C=S) groups is 1. The van der Waals surface area contributed by atoms with Crippen LogP contribution in [0, 0.1) is 5.92 Å². The van der Waals surface area contributed by atoms with E-state index in [-0.39, 0.29) is 5.91 Å². The molecule has 0 atom stereocenters. The topological polar surface area (TPSA) is 41.6 Å². The molecule has 1 amide bonds. The van der Waals surface area contributed by atoms with Crippen LogP contribution in [0.2, 0.25) is 0 Å². The summed E-state index contributed by atoms with van der Waals surface area (Å²) in [7, 11) is 0. The third-order valence-electron chi connectivity index (χ3n) is 2.95. The van der Waals surface area contributed by atoms with Gasteiger partial charge in [0, 0.05) is 18.7 Å². The van der Waals surface area contributed by atoms with Crippen LogP contribution >= 0.6 is 12.2 Å². The number of hydrogen-bond donors (Lipinski definition) is 1. The average Bonchev–Trinajstić information content (AvgIpc) is 2.46. The Morgan fingerprint density at radius 3 is 2.57 bits per heavy atom. The number of amides is 1. The van der Waals surface area contributed by atoms with Gasteiger partial charge in [-0.15, -0.1) is 0 Å². The third kappa shape index (κ3) is 5.71. The van der Waals surface area contributed by atoms with E-state index in [9.17, 15) is 4.79 Å². The minimum absolute atomic E-state index is 0.207. The number of nitrogens with one attached hydrogen (secondary N) is 1. The molecule has 0 spiro atoms. The van der Waals surface area contributed by atoms with E-state index in [2.05, 4.69) is 19.2 Å². The molecule has 0 radical (unpaired) electrons. The van der Waals surface area contributed by atoms with Crippen LogP contribution in [0.15, 0.2) is 24.3 Å². The fourth-order valence-electron chi connectivity index (χ4n) is 1.75. The Balaban J connectivity index is 2.70. The first kappa shape index (κ1) is 17.4. The minimum Gasteiger partial charge on any atom is -0.493 e. The van der Waals surface area contributed by atoms with Gasteiger partial charge in [0.1, 0.15) is 5.75 Å². The maximum atomic E-state index is 12.2. The molecule has 0 bridgehead atoms. The maximum Gasteiger partial charge on any atom is 0.257 e. The molecule has 0 aliphatic heterocycles. The molecule has 1 rings (SSSR count). The largest absolute Gasteiger partial charge is 0.493 e. The van der Waals surface area contributed by atoms with Gasteiger partial charge in [-0.2, -0.15) is 0 Å². The Hall–Kier alpha value is -1.62. The standard InChI is InChI=1S/C16H24N2O2S/c1-5-18(6-2)16(21)17-15(19)13-8-7-9-14(10-13)20-11-12(3)4/h7-10,12H,5-6,11H2,1-4H3,(H,17,19,21). The summed E-state index contributed by atoms with van der Waals surface area (Å²) in [6, 6.07) is 7.15. The Morgan fingerprint density at radius 1 is 1.33 bits per heavy atom. The van der Waals surface area contributed by atoms with Crippen molar-refractivity contribution in [1.29, 1.82) is 0 Å². The first-order valence-electron chi connectivity index (χ1n) is 7.31. The zero-order chi connectivity index (χ0) is 15.8. The SMILES string of the molecule is CCN(CC)C(=S)NC(=O)c1cccc(OCC(C)C)c1. The lowest BCUT2D eigenvalue weighted by atomic mass is 10.2. The van der Waals surface area contributed by atoms with E-state index in [1.807, 2.05) is 30.9 Å². The zero-order valence-corrected chi connectivity index (χ0v) is 14.0. The maximum absolute atomic E-state index is 12.2. The van der Waals surface area contributed by atoms with Crippen molar-refractivity contribution in [2.24, 2.45) is 5.92 Å². The van der Waals surface area contributed by atoms with Gasteiger partial charge in [-0.25, -0.2) is 0 Å². The van der Waals surface area contributed by atoms with E-state index in [0.717, 1.165) is 13.1 Å². The number of nitrogens with zero attached hydrogens (tertiary/aromatic N) is 1. The van der Waals surface area contributed by atoms with E-state index in [4.69, 9.17) is 17.0 Å². The van der Waals surface area contributed by atoms with Crippen LogP contribution in [0.25, 0.3) is 0 Å². The predicted molar refractivity (Wildman–Crippen MR) is 89.8 cm³/mol. The van der Waals surface area contributed by atoms with Crippen molar-refractivity contribution in [3.8, 4) is 5.75 Å². The van der Waals surface area contributed by atoms with Gasteiger partial charge >= 0.3 is 0 Å². The lowest BCUT2D eigenvalue weighted by molar-refractivity contribution is 0.0973. The van der Waals surface area contributed by atoms with Gasteiger partial charge in [0.15, 0.2) is 5.11 Å². The number of ether oxygens (including phenoxy) is 1. The molecule has 5 heteroatoms. The Kier molecular flexibility index (Phi) is 7.15. The van der Waals surface area contributed by atoms with E-state index in [1.54, 1.807) is 12.1 Å². The minimum atomic E-state index is -0.207. The summed E-state index contributed by atoms with van der Waals surface area (Å²) in [4.78, 5) is 14.1. The highest BCUT2D eigenvalue weighted by Gasteiger charge is 2.12. The molecule has 0 aliphatic carbocycles. The molecule has 0 aliphatic rings. The smallest absolute Gasteiger partial charge is 0.257 e. The molecular formula is C16H24N2O2S. The van der Waals surface area contributed by atoms with Gasteiger partial charge in [0.2, 0.25) is 0 Å². The molecule has 0 unspecified atom stereocenters. The molecular weight excluding hydrogens is 284 g/mol. The molecule has 116 valence electrons. The van der Waals surface area contributed by atoms with Crippen molar-refractivity contribution < 1.29 is 9.53 Å². The zero-order valence-electron chi connectivity index (χ0n) is 13.2. The van der Waals surface area contributed by atoms with Crippen molar-refractivity contribution in [2.45, 2.75) is 27.7 Å². The molecule has 0 saturated heterocycles. The van der Waals surface area contributed by atoms with Crippen LogP contribution in [0.1, 0.15) is 38.1 Å². The van der Waals surface area contributed by atoms with Crippen LogP contribution in [-0.4, -0.2) is 35.6 Å². The second-order valence-corrected chi connectivity index (χ2v) is 5.55.